The van der Waals surface area contributed by atoms with Crippen LogP contribution in [-0.4, -0.2) is 18.3 Å². The molecule has 2 aliphatic rings. The molecule has 0 atom stereocenters. The number of rotatable bonds is 6. The van der Waals surface area contributed by atoms with Gasteiger partial charge in [-0.1, -0.05) is 13.8 Å². The quantitative estimate of drug-likeness (QED) is 0.292. The number of nitrogens with two attached hydrogens (primary N) is 1. The molecule has 8 N–H and O–H groups in total. The van der Waals surface area contributed by atoms with E-state index in [1.54, 1.807) is 13.0 Å². The van der Waals surface area contributed by atoms with Crippen LogP contribution in [0.5, 0.6) is 0 Å². The van der Waals surface area contributed by atoms with E-state index >= 15 is 0 Å². The number of hydrogen-bond acceptors (Lipinski definition) is 6. The van der Waals surface area contributed by atoms with Crippen molar-refractivity contribution < 1.29 is 0 Å². The van der Waals surface area contributed by atoms with Gasteiger partial charge >= 0.3 is 0 Å². The number of hydrogen-bond donors (Lipinski definition) is 7. The van der Waals surface area contributed by atoms with Gasteiger partial charge in [0.25, 0.3) is 0 Å². The van der Waals surface area contributed by atoms with Crippen molar-refractivity contribution in [1.29, 1.82) is 16.2 Å². The van der Waals surface area contributed by atoms with Crippen LogP contribution in [-0.2, 0) is 0 Å². The molecule has 0 spiro atoms. The molecule has 2 aliphatic heterocycles. The minimum absolute atomic E-state index is 0.179. The van der Waals surface area contributed by atoms with Crippen LogP contribution in [0.4, 0.5) is 0 Å². The molecule has 136 valence electrons. The van der Waals surface area contributed by atoms with E-state index < -0.39 is 0 Å². The van der Waals surface area contributed by atoms with Crippen molar-refractivity contribution in [3.05, 3.63) is 70.1 Å². The minimum Gasteiger partial charge on any atom is -0.402 e. The molecule has 0 aliphatic carbocycles. The maximum absolute atomic E-state index is 8.09. The second-order valence-corrected chi connectivity index (χ2v) is 6.31. The molecule has 7 nitrogen and oxygen atoms in total. The summed E-state index contributed by atoms with van der Waals surface area (Å²) in [6.45, 7) is 5.73. The summed E-state index contributed by atoms with van der Waals surface area (Å²) in [4.78, 5) is 0. The zero-order valence-corrected chi connectivity index (χ0v) is 15.2. The topological polar surface area (TPSA) is 134 Å². The lowest BCUT2D eigenvalue weighted by atomic mass is 10.0. The molecule has 2 rings (SSSR count). The van der Waals surface area contributed by atoms with Gasteiger partial charge in [-0.3, -0.25) is 5.41 Å². The van der Waals surface area contributed by atoms with Gasteiger partial charge < -0.3 is 32.5 Å². The molecule has 0 amide bonds. The zero-order valence-electron chi connectivity index (χ0n) is 15.2. The lowest BCUT2D eigenvalue weighted by Gasteiger charge is -2.25. The smallest absolute Gasteiger partial charge is 0.123 e. The van der Waals surface area contributed by atoms with Gasteiger partial charge in [0, 0.05) is 35.5 Å². The molecule has 0 saturated heterocycles. The van der Waals surface area contributed by atoms with Crippen molar-refractivity contribution in [2.75, 3.05) is 0 Å². The molecule has 0 saturated carbocycles. The number of allylic oxidation sites excluding steroid dienone is 7. The molecule has 26 heavy (non-hydrogen) atoms. The first-order chi connectivity index (χ1) is 12.3. The summed E-state index contributed by atoms with van der Waals surface area (Å²) in [5.41, 5.74) is 10.4. The highest BCUT2D eigenvalue weighted by Gasteiger charge is 2.17. The van der Waals surface area contributed by atoms with Gasteiger partial charge in [-0.2, -0.15) is 0 Å². The van der Waals surface area contributed by atoms with Gasteiger partial charge in [0.15, 0.2) is 0 Å². The Morgan fingerprint density at radius 2 is 1.92 bits per heavy atom. The van der Waals surface area contributed by atoms with Crippen LogP contribution in [0.25, 0.3) is 0 Å². The molecular formula is C19H25N7. The summed E-state index contributed by atoms with van der Waals surface area (Å²) in [6.07, 6.45) is 11.6. The number of amidine groups is 1. The maximum atomic E-state index is 8.09. The zero-order chi connectivity index (χ0) is 19.3. The van der Waals surface area contributed by atoms with E-state index in [2.05, 4.69) is 16.0 Å². The second kappa shape index (κ2) is 8.15. The molecule has 0 radical (unpaired) electrons. The van der Waals surface area contributed by atoms with E-state index in [-0.39, 0.29) is 11.8 Å². The molecule has 0 fully saturated rings. The molecule has 0 unspecified atom stereocenters. The maximum Gasteiger partial charge on any atom is 0.123 e. The van der Waals surface area contributed by atoms with Crippen LogP contribution in [0.2, 0.25) is 0 Å². The van der Waals surface area contributed by atoms with E-state index in [4.69, 9.17) is 22.0 Å². The van der Waals surface area contributed by atoms with Crippen molar-refractivity contribution in [2.24, 2.45) is 11.7 Å². The SMILES string of the molecule is CC(N)=C(C=N)C1=CNC2=CC=C(NC(=N)C=C(C=N)C(C)C)NC2=C1. The van der Waals surface area contributed by atoms with Gasteiger partial charge in [0.1, 0.15) is 11.7 Å². The molecular weight excluding hydrogens is 326 g/mol. The highest BCUT2D eigenvalue weighted by atomic mass is 15.1. The van der Waals surface area contributed by atoms with Gasteiger partial charge in [-0.05, 0) is 42.7 Å². The summed E-state index contributed by atoms with van der Waals surface area (Å²) in [5.74, 6) is 1.03. The Labute approximate surface area is 153 Å². The Balaban J connectivity index is 2.16. The average Bonchev–Trinajstić information content (AvgIpc) is 2.59. The molecule has 0 aromatic carbocycles. The summed E-state index contributed by atoms with van der Waals surface area (Å²) in [5, 5.41) is 32.4. The van der Waals surface area contributed by atoms with Crippen LogP contribution < -0.4 is 21.7 Å². The largest absolute Gasteiger partial charge is 0.402 e. The third-order valence-corrected chi connectivity index (χ3v) is 3.95. The second-order valence-electron chi connectivity index (χ2n) is 6.31. The first-order valence-corrected chi connectivity index (χ1v) is 8.28. The van der Waals surface area contributed by atoms with Crippen LogP contribution in [0.1, 0.15) is 20.8 Å². The van der Waals surface area contributed by atoms with Gasteiger partial charge in [-0.25, -0.2) is 0 Å². The van der Waals surface area contributed by atoms with Crippen molar-refractivity contribution >= 4 is 18.3 Å². The standard InChI is InChI=1S/C19H25N7/c1-11(2)13(8-20)7-18(23)26-19-5-4-16-17(25-19)6-14(10-24-16)15(9-21)12(3)22/h4-11,20-21,24-25H,22H2,1-3H3,(H2,23,26). The van der Waals surface area contributed by atoms with Gasteiger partial charge in [0.2, 0.25) is 0 Å². The van der Waals surface area contributed by atoms with Crippen LogP contribution in [0.15, 0.2) is 70.1 Å². The third kappa shape index (κ3) is 4.38. The Morgan fingerprint density at radius 1 is 1.19 bits per heavy atom. The highest BCUT2D eigenvalue weighted by molar-refractivity contribution is 5.97. The normalized spacial score (nSPS) is 17.3. The molecule has 0 aromatic rings. The summed E-state index contributed by atoms with van der Waals surface area (Å²) in [7, 11) is 0. The summed E-state index contributed by atoms with van der Waals surface area (Å²) in [6, 6.07) is 0. The first-order valence-electron chi connectivity index (χ1n) is 8.28. The predicted octanol–water partition coefficient (Wildman–Crippen LogP) is 2.37. The number of dihydropyridines is 2. The fourth-order valence-corrected chi connectivity index (χ4v) is 2.48. The van der Waals surface area contributed by atoms with E-state index in [1.807, 2.05) is 38.3 Å². The third-order valence-electron chi connectivity index (χ3n) is 3.95. The highest BCUT2D eigenvalue weighted by Crippen LogP contribution is 2.22. The number of fused-ring (bicyclic) bond motifs is 1. The van der Waals surface area contributed by atoms with Gasteiger partial charge in [-0.15, -0.1) is 0 Å². The van der Waals surface area contributed by atoms with Crippen LogP contribution >= 0.6 is 0 Å². The Bertz CT molecular complexity index is 813. The van der Waals surface area contributed by atoms with Crippen molar-refractivity contribution in [3.8, 4) is 0 Å². The first kappa shape index (κ1) is 19.0. The molecule has 0 bridgehead atoms. The summed E-state index contributed by atoms with van der Waals surface area (Å²) < 4.78 is 0. The fourth-order valence-electron chi connectivity index (χ4n) is 2.48. The predicted molar refractivity (Wildman–Crippen MR) is 107 cm³/mol. The van der Waals surface area contributed by atoms with E-state index in [9.17, 15) is 0 Å². The van der Waals surface area contributed by atoms with Gasteiger partial charge in [0.05, 0.1) is 11.4 Å². The Morgan fingerprint density at radius 3 is 2.50 bits per heavy atom. The molecule has 7 heteroatoms. The lowest BCUT2D eigenvalue weighted by Crippen LogP contribution is -2.34. The van der Waals surface area contributed by atoms with Crippen molar-refractivity contribution in [2.45, 2.75) is 20.8 Å². The van der Waals surface area contributed by atoms with Crippen molar-refractivity contribution in [3.63, 3.8) is 0 Å². The van der Waals surface area contributed by atoms with E-state index in [0.717, 1.165) is 22.5 Å². The lowest BCUT2D eigenvalue weighted by molar-refractivity contribution is 0.804. The monoisotopic (exact) mass is 351 g/mol. The average molecular weight is 351 g/mol. The summed E-state index contributed by atoms with van der Waals surface area (Å²) >= 11 is 0. The Kier molecular flexibility index (Phi) is 5.95. The van der Waals surface area contributed by atoms with Crippen molar-refractivity contribution in [1.82, 2.24) is 16.0 Å². The molecule has 0 aromatic heterocycles. The van der Waals surface area contributed by atoms with E-state index in [0.29, 0.717) is 17.1 Å². The van der Waals surface area contributed by atoms with E-state index in [1.165, 1.54) is 12.4 Å². The van der Waals surface area contributed by atoms with Crippen LogP contribution in [0, 0.1) is 22.1 Å². The van der Waals surface area contributed by atoms with Crippen LogP contribution in [0.3, 0.4) is 0 Å². The Hall–Kier alpha value is -3.35. The molecule has 2 heterocycles. The fraction of sp³-hybridized carbons (Fsp3) is 0.211. The number of nitrogens with one attached hydrogen (secondary N) is 6. The minimum atomic E-state index is 0.179.